The smallest absolute Gasteiger partial charge is 0.0238 e. The first-order chi connectivity index (χ1) is 16.2. The summed E-state index contributed by atoms with van der Waals surface area (Å²) in [6.45, 7) is 2.36. The van der Waals surface area contributed by atoms with Gasteiger partial charge in [0.05, 0.1) is 0 Å². The zero-order valence-electron chi connectivity index (χ0n) is 20.9. The summed E-state index contributed by atoms with van der Waals surface area (Å²) in [4.78, 5) is 2.91. The molecule has 4 atom stereocenters. The molecule has 0 amide bonds. The van der Waals surface area contributed by atoms with Crippen molar-refractivity contribution in [1.29, 1.82) is 0 Å². The Morgan fingerprint density at radius 3 is 2.36 bits per heavy atom. The molecule has 3 fully saturated rings. The van der Waals surface area contributed by atoms with E-state index in [-0.39, 0.29) is 0 Å². The van der Waals surface area contributed by atoms with E-state index in [9.17, 15) is 0 Å². The molecule has 0 aromatic heterocycles. The molecule has 2 aromatic rings. The van der Waals surface area contributed by atoms with E-state index in [2.05, 4.69) is 67.4 Å². The topological polar surface area (TPSA) is 3.24 Å². The summed E-state index contributed by atoms with van der Waals surface area (Å²) >= 11 is 0. The van der Waals surface area contributed by atoms with E-state index in [1.54, 1.807) is 11.1 Å². The number of piperidine rings is 1. The highest BCUT2D eigenvalue weighted by Crippen LogP contribution is 2.67. The lowest BCUT2D eigenvalue weighted by Crippen LogP contribution is -2.54. The lowest BCUT2D eigenvalue weighted by atomic mass is 9.51. The van der Waals surface area contributed by atoms with Crippen LogP contribution in [0.3, 0.4) is 0 Å². The van der Waals surface area contributed by atoms with Crippen molar-refractivity contribution in [3.63, 3.8) is 0 Å². The molecule has 1 saturated heterocycles. The third-order valence-electron chi connectivity index (χ3n) is 10.5. The van der Waals surface area contributed by atoms with Gasteiger partial charge in [-0.3, -0.25) is 4.90 Å². The number of rotatable bonds is 6. The van der Waals surface area contributed by atoms with Gasteiger partial charge in [0.1, 0.15) is 0 Å². The molecule has 33 heavy (non-hydrogen) atoms. The molecule has 4 aliphatic rings. The Balaban J connectivity index is 1.48. The van der Waals surface area contributed by atoms with Crippen molar-refractivity contribution in [1.82, 2.24) is 4.90 Å². The molecule has 2 saturated carbocycles. The summed E-state index contributed by atoms with van der Waals surface area (Å²) in [6, 6.07) is 20.2. The van der Waals surface area contributed by atoms with Gasteiger partial charge in [0, 0.05) is 23.9 Å². The molecule has 0 bridgehead atoms. The van der Waals surface area contributed by atoms with Gasteiger partial charge in [-0.25, -0.2) is 0 Å². The summed E-state index contributed by atoms with van der Waals surface area (Å²) in [5, 5.41) is 0. The molecule has 6 rings (SSSR count). The quantitative estimate of drug-likeness (QED) is 0.434. The minimum Gasteiger partial charge on any atom is -0.299 e. The molecule has 0 radical (unpaired) electrons. The minimum absolute atomic E-state index is 0.570. The Hall–Kier alpha value is -1.60. The summed E-state index contributed by atoms with van der Waals surface area (Å²) in [7, 11) is 2.51. The van der Waals surface area contributed by atoms with Crippen molar-refractivity contribution >= 4 is 0 Å². The van der Waals surface area contributed by atoms with Crippen molar-refractivity contribution in [3.05, 3.63) is 59.7 Å². The fraction of sp³-hybridized carbons (Fsp3) is 0.625. The number of hydrogen-bond acceptors (Lipinski definition) is 1. The standard InChI is InChI=1S/C32H43N/c1-3-4-16-25-19-20-28-29-26(23-12-6-5-7-13-23)17-10-18-27(29)30(31(28)33(25)2)32(21-11-22-32)24-14-8-9-15-24/h5-7,10,12-13,17-18,24-25,28,30-31H,3-4,8-9,11,14-16,19-22H2,1-2H3. The van der Waals surface area contributed by atoms with Gasteiger partial charge in [-0.15, -0.1) is 0 Å². The van der Waals surface area contributed by atoms with E-state index in [0.29, 0.717) is 17.4 Å². The van der Waals surface area contributed by atoms with E-state index >= 15 is 0 Å². The highest BCUT2D eigenvalue weighted by Gasteiger charge is 2.59. The van der Waals surface area contributed by atoms with Gasteiger partial charge in [-0.05, 0) is 85.6 Å². The van der Waals surface area contributed by atoms with Crippen LogP contribution >= 0.6 is 0 Å². The van der Waals surface area contributed by atoms with Crippen molar-refractivity contribution < 1.29 is 0 Å². The van der Waals surface area contributed by atoms with Crippen LogP contribution in [0.1, 0.15) is 107 Å². The van der Waals surface area contributed by atoms with Crippen LogP contribution in [0, 0.1) is 11.3 Å². The van der Waals surface area contributed by atoms with E-state index in [1.807, 2.05) is 0 Å². The number of benzene rings is 2. The molecule has 3 aliphatic carbocycles. The Labute approximate surface area is 202 Å². The molecular weight excluding hydrogens is 398 g/mol. The van der Waals surface area contributed by atoms with Crippen LogP contribution in [-0.4, -0.2) is 24.0 Å². The van der Waals surface area contributed by atoms with Crippen LogP contribution in [0.4, 0.5) is 0 Å². The number of likely N-dealkylation sites (N-methyl/N-ethyl adjacent to an activating group) is 1. The molecule has 4 unspecified atom stereocenters. The van der Waals surface area contributed by atoms with Gasteiger partial charge in [-0.2, -0.15) is 0 Å². The summed E-state index contributed by atoms with van der Waals surface area (Å²) < 4.78 is 0. The normalized spacial score (nSPS) is 31.2. The predicted octanol–water partition coefficient (Wildman–Crippen LogP) is 8.55. The minimum atomic E-state index is 0.570. The number of likely N-dealkylation sites (tertiary alicyclic amines) is 1. The number of hydrogen-bond donors (Lipinski definition) is 0. The van der Waals surface area contributed by atoms with Gasteiger partial charge in [0.15, 0.2) is 0 Å². The molecule has 1 heteroatoms. The Bertz CT molecular complexity index is 952. The maximum atomic E-state index is 2.91. The van der Waals surface area contributed by atoms with Gasteiger partial charge >= 0.3 is 0 Å². The third kappa shape index (κ3) is 3.44. The zero-order valence-corrected chi connectivity index (χ0v) is 20.9. The van der Waals surface area contributed by atoms with E-state index < -0.39 is 0 Å². The average Bonchev–Trinajstić information content (AvgIpc) is 3.47. The molecule has 0 spiro atoms. The SMILES string of the molecule is CCCCC1CCC2c3c(-c4ccccc4)cccc3C(C3(C4CCCC4)CCC3)C2N1C. The first-order valence-electron chi connectivity index (χ1n) is 14.1. The number of unbranched alkanes of at least 4 members (excludes halogenated alkanes) is 1. The monoisotopic (exact) mass is 441 g/mol. The van der Waals surface area contributed by atoms with Gasteiger partial charge in [0.2, 0.25) is 0 Å². The van der Waals surface area contributed by atoms with E-state index in [0.717, 1.165) is 17.9 Å². The van der Waals surface area contributed by atoms with E-state index in [1.165, 1.54) is 88.2 Å². The first-order valence-corrected chi connectivity index (χ1v) is 14.1. The average molecular weight is 442 g/mol. The van der Waals surface area contributed by atoms with Crippen molar-refractivity contribution in [3.8, 4) is 11.1 Å². The Morgan fingerprint density at radius 1 is 0.879 bits per heavy atom. The maximum Gasteiger partial charge on any atom is 0.0238 e. The fourth-order valence-electron chi connectivity index (χ4n) is 8.87. The second kappa shape index (κ2) is 8.88. The lowest BCUT2D eigenvalue weighted by Gasteiger charge is -2.56. The molecule has 1 aliphatic heterocycles. The van der Waals surface area contributed by atoms with Crippen molar-refractivity contribution in [2.45, 2.75) is 108 Å². The van der Waals surface area contributed by atoms with Gasteiger partial charge in [0.25, 0.3) is 0 Å². The summed E-state index contributed by atoms with van der Waals surface area (Å²) in [6.07, 6.45) is 17.2. The van der Waals surface area contributed by atoms with Gasteiger partial charge in [-0.1, -0.05) is 87.6 Å². The Kier molecular flexibility index (Phi) is 5.89. The second-order valence-corrected chi connectivity index (χ2v) is 11.9. The summed E-state index contributed by atoms with van der Waals surface area (Å²) in [5.74, 6) is 2.42. The zero-order chi connectivity index (χ0) is 22.4. The van der Waals surface area contributed by atoms with Crippen molar-refractivity contribution in [2.75, 3.05) is 7.05 Å². The Morgan fingerprint density at radius 2 is 1.67 bits per heavy atom. The van der Waals surface area contributed by atoms with E-state index in [4.69, 9.17) is 0 Å². The molecular formula is C32H43N. The molecule has 0 N–H and O–H groups in total. The van der Waals surface area contributed by atoms with Crippen LogP contribution in [0.5, 0.6) is 0 Å². The molecule has 1 heterocycles. The lowest BCUT2D eigenvalue weighted by molar-refractivity contribution is -0.0348. The van der Waals surface area contributed by atoms with Crippen LogP contribution in [-0.2, 0) is 0 Å². The van der Waals surface area contributed by atoms with Crippen LogP contribution in [0.15, 0.2) is 48.5 Å². The maximum absolute atomic E-state index is 2.91. The molecule has 1 nitrogen and oxygen atoms in total. The number of nitrogens with zero attached hydrogens (tertiary/aromatic N) is 1. The van der Waals surface area contributed by atoms with Crippen LogP contribution in [0.2, 0.25) is 0 Å². The predicted molar refractivity (Wildman–Crippen MR) is 140 cm³/mol. The second-order valence-electron chi connectivity index (χ2n) is 11.9. The van der Waals surface area contributed by atoms with Crippen LogP contribution in [0.25, 0.3) is 11.1 Å². The highest BCUT2D eigenvalue weighted by atomic mass is 15.2. The highest BCUT2D eigenvalue weighted by molar-refractivity contribution is 5.72. The van der Waals surface area contributed by atoms with Gasteiger partial charge < -0.3 is 0 Å². The van der Waals surface area contributed by atoms with Crippen LogP contribution < -0.4 is 0 Å². The third-order valence-corrected chi connectivity index (χ3v) is 10.5. The molecule has 2 aromatic carbocycles. The molecule has 176 valence electrons. The summed E-state index contributed by atoms with van der Waals surface area (Å²) in [5.41, 5.74) is 7.02. The van der Waals surface area contributed by atoms with Crippen molar-refractivity contribution in [2.24, 2.45) is 11.3 Å². The number of fused-ring (bicyclic) bond motifs is 3. The largest absolute Gasteiger partial charge is 0.299 e. The first kappa shape index (κ1) is 21.9. The fourth-order valence-corrected chi connectivity index (χ4v) is 8.87.